The third-order valence-corrected chi connectivity index (χ3v) is 3.65. The molecule has 2 unspecified atom stereocenters. The number of hydrogen-bond acceptors (Lipinski definition) is 3. The summed E-state index contributed by atoms with van der Waals surface area (Å²) in [6.07, 6.45) is 2.12. The first-order valence-electron chi connectivity index (χ1n) is 6.35. The summed E-state index contributed by atoms with van der Waals surface area (Å²) in [5.74, 6) is 0.185. The number of amides is 1. The lowest BCUT2D eigenvalue weighted by molar-refractivity contribution is -0.119. The fourth-order valence-electron chi connectivity index (χ4n) is 2.33. The maximum absolute atomic E-state index is 12.2. The fraction of sp³-hybridized carbons (Fsp3) is 0.429. The van der Waals surface area contributed by atoms with Crippen LogP contribution in [-0.2, 0) is 4.79 Å². The van der Waals surface area contributed by atoms with Crippen LogP contribution in [0.25, 0.3) is 0 Å². The Bertz CT molecular complexity index is 524. The molecule has 0 bridgehead atoms. The highest BCUT2D eigenvalue weighted by Gasteiger charge is 2.27. The molecular formula is C14H16ClN3O. The smallest absolute Gasteiger partial charge is 0.241 e. The number of hydrogen-bond donors (Lipinski definition) is 2. The molecule has 1 amide bonds. The summed E-state index contributed by atoms with van der Waals surface area (Å²) in [6.45, 7) is 2.91. The maximum Gasteiger partial charge on any atom is 0.241 e. The molecule has 0 aromatic heterocycles. The standard InChI is InChI=1S/C14H16ClN3O/c1-9-3-2-6-17-13(9)14(19)18-12-7-11(15)5-4-10(12)8-16/h4-5,7,9,13,17H,2-3,6H2,1H3,(H,18,19). The number of benzene rings is 1. The Morgan fingerprint density at radius 2 is 2.37 bits per heavy atom. The second-order valence-electron chi connectivity index (χ2n) is 4.84. The van der Waals surface area contributed by atoms with E-state index in [4.69, 9.17) is 16.9 Å². The molecule has 4 nitrogen and oxygen atoms in total. The third kappa shape index (κ3) is 3.25. The van der Waals surface area contributed by atoms with Crippen LogP contribution in [0.3, 0.4) is 0 Å². The van der Waals surface area contributed by atoms with Gasteiger partial charge in [-0.15, -0.1) is 0 Å². The van der Waals surface area contributed by atoms with E-state index < -0.39 is 0 Å². The number of piperidine rings is 1. The molecule has 2 rings (SSSR count). The van der Waals surface area contributed by atoms with E-state index >= 15 is 0 Å². The minimum Gasteiger partial charge on any atom is -0.323 e. The first-order chi connectivity index (χ1) is 9.11. The average Bonchev–Trinajstić information content (AvgIpc) is 2.39. The Kier molecular flexibility index (Phi) is 4.41. The molecule has 2 atom stereocenters. The Morgan fingerprint density at radius 3 is 3.05 bits per heavy atom. The van der Waals surface area contributed by atoms with Gasteiger partial charge in [-0.1, -0.05) is 18.5 Å². The number of carbonyl (C=O) groups is 1. The van der Waals surface area contributed by atoms with Gasteiger partial charge < -0.3 is 10.6 Å². The molecule has 1 aromatic carbocycles. The summed E-state index contributed by atoms with van der Waals surface area (Å²) in [5.41, 5.74) is 0.890. The van der Waals surface area contributed by atoms with Crippen molar-refractivity contribution in [3.8, 4) is 6.07 Å². The lowest BCUT2D eigenvalue weighted by Gasteiger charge is -2.29. The van der Waals surface area contributed by atoms with Crippen molar-refractivity contribution in [3.63, 3.8) is 0 Å². The van der Waals surface area contributed by atoms with E-state index in [9.17, 15) is 4.79 Å². The molecule has 19 heavy (non-hydrogen) atoms. The van der Waals surface area contributed by atoms with Crippen molar-refractivity contribution in [1.82, 2.24) is 5.32 Å². The van der Waals surface area contributed by atoms with Crippen molar-refractivity contribution in [1.29, 1.82) is 5.26 Å². The second-order valence-corrected chi connectivity index (χ2v) is 5.28. The number of nitriles is 1. The van der Waals surface area contributed by atoms with Gasteiger partial charge >= 0.3 is 0 Å². The Morgan fingerprint density at radius 1 is 1.58 bits per heavy atom. The summed E-state index contributed by atoms with van der Waals surface area (Å²) >= 11 is 5.90. The molecular weight excluding hydrogens is 262 g/mol. The largest absolute Gasteiger partial charge is 0.323 e. The predicted molar refractivity (Wildman–Crippen MR) is 75.0 cm³/mol. The minimum absolute atomic E-state index is 0.106. The predicted octanol–water partition coefficient (Wildman–Crippen LogP) is 2.54. The number of anilines is 1. The van der Waals surface area contributed by atoms with Gasteiger partial charge in [0.25, 0.3) is 0 Å². The van der Waals surface area contributed by atoms with Crippen molar-refractivity contribution in [3.05, 3.63) is 28.8 Å². The van der Waals surface area contributed by atoms with Gasteiger partial charge in [-0.3, -0.25) is 4.79 Å². The second kappa shape index (κ2) is 6.05. The van der Waals surface area contributed by atoms with E-state index in [1.165, 1.54) is 0 Å². The van der Waals surface area contributed by atoms with Crippen LogP contribution >= 0.6 is 11.6 Å². The topological polar surface area (TPSA) is 64.9 Å². The minimum atomic E-state index is -0.209. The molecule has 1 aliphatic heterocycles. The fourth-order valence-corrected chi connectivity index (χ4v) is 2.50. The quantitative estimate of drug-likeness (QED) is 0.873. The highest BCUT2D eigenvalue weighted by atomic mass is 35.5. The van der Waals surface area contributed by atoms with Crippen LogP contribution in [-0.4, -0.2) is 18.5 Å². The number of carbonyl (C=O) groups excluding carboxylic acids is 1. The summed E-state index contributed by atoms with van der Waals surface area (Å²) in [5, 5.41) is 15.5. The maximum atomic E-state index is 12.2. The van der Waals surface area contributed by atoms with E-state index in [0.29, 0.717) is 22.2 Å². The van der Waals surface area contributed by atoms with E-state index in [1.54, 1.807) is 18.2 Å². The molecule has 0 saturated carbocycles. The first kappa shape index (κ1) is 13.9. The van der Waals surface area contributed by atoms with Gasteiger partial charge in [-0.05, 0) is 43.5 Å². The zero-order valence-corrected chi connectivity index (χ0v) is 11.5. The van der Waals surface area contributed by atoms with Gasteiger partial charge in [0.2, 0.25) is 5.91 Å². The Balaban J connectivity index is 2.14. The van der Waals surface area contributed by atoms with Crippen LogP contribution in [0.5, 0.6) is 0 Å². The molecule has 1 aliphatic rings. The molecule has 2 N–H and O–H groups in total. The van der Waals surface area contributed by atoms with Crippen molar-refractivity contribution < 1.29 is 4.79 Å². The van der Waals surface area contributed by atoms with Crippen LogP contribution in [0, 0.1) is 17.2 Å². The zero-order valence-electron chi connectivity index (χ0n) is 10.7. The van der Waals surface area contributed by atoms with Gasteiger partial charge in [-0.2, -0.15) is 5.26 Å². The van der Waals surface area contributed by atoms with Gasteiger partial charge in [0, 0.05) is 5.02 Å². The number of rotatable bonds is 2. The Hall–Kier alpha value is -1.57. The van der Waals surface area contributed by atoms with E-state index in [-0.39, 0.29) is 11.9 Å². The highest BCUT2D eigenvalue weighted by Crippen LogP contribution is 2.22. The first-order valence-corrected chi connectivity index (χ1v) is 6.73. The zero-order chi connectivity index (χ0) is 13.8. The molecule has 0 spiro atoms. The Labute approximate surface area is 117 Å². The highest BCUT2D eigenvalue weighted by molar-refractivity contribution is 6.31. The van der Waals surface area contributed by atoms with Crippen molar-refractivity contribution in [2.24, 2.45) is 5.92 Å². The number of nitrogens with zero attached hydrogens (tertiary/aromatic N) is 1. The van der Waals surface area contributed by atoms with Crippen LogP contribution in [0.2, 0.25) is 5.02 Å². The molecule has 1 fully saturated rings. The van der Waals surface area contributed by atoms with E-state index in [2.05, 4.69) is 17.6 Å². The molecule has 1 aromatic rings. The van der Waals surface area contributed by atoms with Gasteiger partial charge in [0.1, 0.15) is 6.07 Å². The van der Waals surface area contributed by atoms with Crippen LogP contribution in [0.1, 0.15) is 25.3 Å². The van der Waals surface area contributed by atoms with Gasteiger partial charge in [0.15, 0.2) is 0 Å². The van der Waals surface area contributed by atoms with Crippen LogP contribution in [0.15, 0.2) is 18.2 Å². The third-order valence-electron chi connectivity index (χ3n) is 3.41. The average molecular weight is 278 g/mol. The molecule has 1 saturated heterocycles. The van der Waals surface area contributed by atoms with Crippen LogP contribution in [0.4, 0.5) is 5.69 Å². The molecule has 5 heteroatoms. The normalized spacial score (nSPS) is 22.6. The number of halogens is 1. The molecule has 0 aliphatic carbocycles. The molecule has 0 radical (unpaired) electrons. The van der Waals surface area contributed by atoms with Crippen molar-refractivity contribution in [2.45, 2.75) is 25.8 Å². The van der Waals surface area contributed by atoms with E-state index in [1.807, 2.05) is 6.07 Å². The van der Waals surface area contributed by atoms with Crippen molar-refractivity contribution >= 4 is 23.2 Å². The van der Waals surface area contributed by atoms with Gasteiger partial charge in [-0.25, -0.2) is 0 Å². The summed E-state index contributed by atoms with van der Waals surface area (Å²) in [6, 6.07) is 6.69. The molecule has 100 valence electrons. The van der Waals surface area contributed by atoms with Crippen molar-refractivity contribution in [2.75, 3.05) is 11.9 Å². The summed E-state index contributed by atoms with van der Waals surface area (Å²) < 4.78 is 0. The van der Waals surface area contributed by atoms with Crippen LogP contribution < -0.4 is 10.6 Å². The summed E-state index contributed by atoms with van der Waals surface area (Å²) in [4.78, 5) is 12.2. The number of nitrogens with one attached hydrogen (secondary N) is 2. The molecule has 1 heterocycles. The lowest BCUT2D eigenvalue weighted by atomic mass is 9.92. The summed E-state index contributed by atoms with van der Waals surface area (Å²) in [7, 11) is 0. The SMILES string of the molecule is CC1CCCNC1C(=O)Nc1cc(Cl)ccc1C#N. The van der Waals surface area contributed by atoms with E-state index in [0.717, 1.165) is 19.4 Å². The van der Waals surface area contributed by atoms with Gasteiger partial charge in [0.05, 0.1) is 17.3 Å². The lowest BCUT2D eigenvalue weighted by Crippen LogP contribution is -2.48. The monoisotopic (exact) mass is 277 g/mol.